The van der Waals surface area contributed by atoms with E-state index < -0.39 is 5.97 Å². The van der Waals surface area contributed by atoms with Crippen molar-refractivity contribution in [3.63, 3.8) is 0 Å². The molecule has 2 aromatic rings. The molecule has 138 valence electrons. The van der Waals surface area contributed by atoms with Crippen LogP contribution in [0, 0.1) is 0 Å². The third kappa shape index (κ3) is 3.81. The van der Waals surface area contributed by atoms with E-state index in [-0.39, 0.29) is 18.4 Å². The average molecular weight is 358 g/mol. The van der Waals surface area contributed by atoms with Gasteiger partial charge in [0.2, 0.25) is 0 Å². The van der Waals surface area contributed by atoms with Crippen molar-refractivity contribution < 1.29 is 14.7 Å². The second-order valence-electron chi connectivity index (χ2n) is 6.55. The molecule has 0 unspecified atom stereocenters. The first-order valence-corrected chi connectivity index (χ1v) is 8.48. The van der Waals surface area contributed by atoms with Crippen LogP contribution in [0.1, 0.15) is 34.9 Å². The molecule has 9 nitrogen and oxygen atoms in total. The highest BCUT2D eigenvalue weighted by molar-refractivity contribution is 5.91. The maximum atomic E-state index is 12.1. The number of nitrogens with zero attached hydrogens (tertiary/aromatic N) is 6. The normalized spacial score (nSPS) is 17.2. The Balaban J connectivity index is 1.79. The van der Waals surface area contributed by atoms with Gasteiger partial charge in [-0.3, -0.25) is 19.3 Å². The third-order valence-electron chi connectivity index (χ3n) is 4.45. The number of carboxylic acid groups (broad SMARTS) is 1. The highest BCUT2D eigenvalue weighted by Gasteiger charge is 2.26. The summed E-state index contributed by atoms with van der Waals surface area (Å²) in [7, 11) is 3.36. The molecule has 1 N–H and O–H groups in total. The van der Waals surface area contributed by atoms with E-state index >= 15 is 0 Å². The van der Waals surface area contributed by atoms with Gasteiger partial charge in [-0.15, -0.1) is 0 Å². The molecule has 3 rings (SSSR count). The van der Waals surface area contributed by atoms with Gasteiger partial charge in [-0.2, -0.15) is 5.10 Å². The SMILES string of the molecule is CN(C)C(=O)c1cncc(N2CCC[C@@H](c3ccnn3CC(=O)O)C2)n1. The number of anilines is 1. The zero-order valence-corrected chi connectivity index (χ0v) is 14.9. The summed E-state index contributed by atoms with van der Waals surface area (Å²) in [6.07, 6.45) is 6.65. The molecule has 0 aromatic carbocycles. The van der Waals surface area contributed by atoms with Gasteiger partial charge in [0.05, 0.1) is 12.4 Å². The fraction of sp³-hybridized carbons (Fsp3) is 0.471. The molecule has 0 bridgehead atoms. The van der Waals surface area contributed by atoms with Crippen LogP contribution in [0.25, 0.3) is 0 Å². The van der Waals surface area contributed by atoms with E-state index in [1.165, 1.54) is 15.8 Å². The highest BCUT2D eigenvalue weighted by atomic mass is 16.4. The first-order valence-electron chi connectivity index (χ1n) is 8.48. The molecule has 0 aliphatic carbocycles. The summed E-state index contributed by atoms with van der Waals surface area (Å²) in [5.41, 5.74) is 1.22. The molecule has 26 heavy (non-hydrogen) atoms. The van der Waals surface area contributed by atoms with E-state index in [1.54, 1.807) is 26.5 Å². The van der Waals surface area contributed by atoms with Crippen LogP contribution in [-0.2, 0) is 11.3 Å². The number of aromatic nitrogens is 4. The zero-order chi connectivity index (χ0) is 18.7. The van der Waals surface area contributed by atoms with Gasteiger partial charge in [0.1, 0.15) is 18.1 Å². The second-order valence-corrected chi connectivity index (χ2v) is 6.55. The van der Waals surface area contributed by atoms with E-state index in [2.05, 4.69) is 20.0 Å². The quantitative estimate of drug-likeness (QED) is 0.844. The van der Waals surface area contributed by atoms with Crippen LogP contribution in [-0.4, -0.2) is 68.8 Å². The molecular weight excluding hydrogens is 336 g/mol. The smallest absolute Gasteiger partial charge is 0.325 e. The van der Waals surface area contributed by atoms with Crippen molar-refractivity contribution in [1.29, 1.82) is 0 Å². The van der Waals surface area contributed by atoms with Crippen LogP contribution in [0.5, 0.6) is 0 Å². The standard InChI is InChI=1S/C17H22N6O3/c1-21(2)17(26)13-8-18-9-15(20-13)22-7-3-4-12(10-22)14-5-6-19-23(14)11-16(24)25/h5-6,8-9,12H,3-4,7,10-11H2,1-2H3,(H,24,25)/t12-/m1/s1. The Labute approximate surface area is 151 Å². The number of hydrogen-bond acceptors (Lipinski definition) is 6. The van der Waals surface area contributed by atoms with Gasteiger partial charge in [-0.1, -0.05) is 0 Å². The highest BCUT2D eigenvalue weighted by Crippen LogP contribution is 2.29. The minimum atomic E-state index is -0.914. The number of carbonyl (C=O) groups is 2. The molecular formula is C17H22N6O3. The third-order valence-corrected chi connectivity index (χ3v) is 4.45. The first-order chi connectivity index (χ1) is 12.5. The Hall–Kier alpha value is -2.97. The van der Waals surface area contributed by atoms with Gasteiger partial charge in [0, 0.05) is 45.0 Å². The molecule has 1 atom stereocenters. The van der Waals surface area contributed by atoms with Crippen molar-refractivity contribution >= 4 is 17.7 Å². The van der Waals surface area contributed by atoms with Crippen molar-refractivity contribution in [2.45, 2.75) is 25.3 Å². The van der Waals surface area contributed by atoms with Crippen molar-refractivity contribution in [3.8, 4) is 0 Å². The van der Waals surface area contributed by atoms with Gasteiger partial charge < -0.3 is 14.9 Å². The predicted octanol–water partition coefficient (Wildman–Crippen LogP) is 0.843. The van der Waals surface area contributed by atoms with Crippen LogP contribution in [0.3, 0.4) is 0 Å². The Bertz CT molecular complexity index is 803. The summed E-state index contributed by atoms with van der Waals surface area (Å²) in [5.74, 6) is -0.289. The number of aliphatic carboxylic acids is 1. The lowest BCUT2D eigenvalue weighted by Crippen LogP contribution is -2.36. The van der Waals surface area contributed by atoms with Crippen molar-refractivity contribution in [1.82, 2.24) is 24.6 Å². The molecule has 0 saturated carbocycles. The van der Waals surface area contributed by atoms with Crippen molar-refractivity contribution in [2.75, 3.05) is 32.1 Å². The molecule has 1 fully saturated rings. The number of amides is 1. The number of hydrogen-bond donors (Lipinski definition) is 1. The molecule has 9 heteroatoms. The van der Waals surface area contributed by atoms with E-state index in [1.807, 2.05) is 6.07 Å². The topological polar surface area (TPSA) is 104 Å². The number of carbonyl (C=O) groups excluding carboxylic acids is 1. The molecule has 2 aromatic heterocycles. The molecule has 3 heterocycles. The Morgan fingerprint density at radius 1 is 1.35 bits per heavy atom. The monoisotopic (exact) mass is 358 g/mol. The van der Waals surface area contributed by atoms with Crippen molar-refractivity contribution in [2.24, 2.45) is 0 Å². The minimum Gasteiger partial charge on any atom is -0.480 e. The summed E-state index contributed by atoms with van der Waals surface area (Å²) in [4.78, 5) is 35.3. The average Bonchev–Trinajstić information content (AvgIpc) is 3.08. The summed E-state index contributed by atoms with van der Waals surface area (Å²) >= 11 is 0. The lowest BCUT2D eigenvalue weighted by atomic mass is 9.94. The van der Waals surface area contributed by atoms with E-state index in [0.717, 1.165) is 25.1 Å². The summed E-state index contributed by atoms with van der Waals surface area (Å²) in [5, 5.41) is 13.2. The number of piperidine rings is 1. The van der Waals surface area contributed by atoms with E-state index in [0.29, 0.717) is 18.1 Å². The van der Waals surface area contributed by atoms with Crippen LogP contribution in [0.2, 0.25) is 0 Å². The second kappa shape index (κ2) is 7.51. The summed E-state index contributed by atoms with van der Waals surface area (Å²) in [6.45, 7) is 1.35. The molecule has 1 amide bonds. The van der Waals surface area contributed by atoms with Gasteiger partial charge in [-0.25, -0.2) is 4.98 Å². The molecule has 0 radical (unpaired) electrons. The lowest BCUT2D eigenvalue weighted by molar-refractivity contribution is -0.137. The maximum Gasteiger partial charge on any atom is 0.325 e. The number of rotatable bonds is 5. The van der Waals surface area contributed by atoms with Crippen molar-refractivity contribution in [3.05, 3.63) is 36.0 Å². The van der Waals surface area contributed by atoms with Gasteiger partial charge in [0.25, 0.3) is 5.91 Å². The van der Waals surface area contributed by atoms with Crippen LogP contribution in [0.15, 0.2) is 24.7 Å². The fourth-order valence-electron chi connectivity index (χ4n) is 3.22. The molecule has 1 saturated heterocycles. The van der Waals surface area contributed by atoms with Gasteiger partial charge in [-0.05, 0) is 18.9 Å². The predicted molar refractivity (Wildman–Crippen MR) is 94.1 cm³/mol. The van der Waals surface area contributed by atoms with Crippen LogP contribution in [0.4, 0.5) is 5.82 Å². The maximum absolute atomic E-state index is 12.1. The Kier molecular flexibility index (Phi) is 5.15. The molecule has 1 aliphatic rings. The van der Waals surface area contributed by atoms with E-state index in [4.69, 9.17) is 5.11 Å². The molecule has 1 aliphatic heterocycles. The summed E-state index contributed by atoms with van der Waals surface area (Å²) < 4.78 is 1.54. The molecule has 0 spiro atoms. The van der Waals surface area contributed by atoms with E-state index in [9.17, 15) is 9.59 Å². The van der Waals surface area contributed by atoms with Crippen LogP contribution >= 0.6 is 0 Å². The zero-order valence-electron chi connectivity index (χ0n) is 14.9. The Morgan fingerprint density at radius 2 is 2.15 bits per heavy atom. The fourth-order valence-corrected chi connectivity index (χ4v) is 3.22. The number of carboxylic acids is 1. The summed E-state index contributed by atoms with van der Waals surface area (Å²) in [6, 6.07) is 1.87. The van der Waals surface area contributed by atoms with Crippen LogP contribution < -0.4 is 4.90 Å². The minimum absolute atomic E-state index is 0.147. The first kappa shape index (κ1) is 17.8. The van der Waals surface area contributed by atoms with Gasteiger partial charge >= 0.3 is 5.97 Å². The van der Waals surface area contributed by atoms with Gasteiger partial charge in [0.15, 0.2) is 0 Å². The largest absolute Gasteiger partial charge is 0.480 e. The lowest BCUT2D eigenvalue weighted by Gasteiger charge is -2.33. The Morgan fingerprint density at radius 3 is 2.88 bits per heavy atom.